The molecule has 8 heteroatoms. The fraction of sp³-hybridized carbons (Fsp3) is 0.304. The van der Waals surface area contributed by atoms with Crippen LogP contribution in [0.4, 0.5) is 0 Å². The van der Waals surface area contributed by atoms with Gasteiger partial charge in [0.15, 0.2) is 12.8 Å². The molecule has 0 saturated carbocycles. The number of hydrogen-bond acceptors (Lipinski definition) is 2. The molecule has 0 spiro atoms. The molecule has 0 unspecified atom stereocenters. The Hall–Kier alpha value is -3.43. The van der Waals surface area contributed by atoms with Crippen molar-refractivity contribution in [1.82, 2.24) is 10.5 Å². The van der Waals surface area contributed by atoms with E-state index in [4.69, 9.17) is 17.0 Å². The number of carbonyl (C=O) groups is 2. The van der Waals surface area contributed by atoms with Crippen molar-refractivity contribution in [2.45, 2.75) is 93.9 Å². The molecule has 6 aromatic rings. The van der Waals surface area contributed by atoms with Crippen molar-refractivity contribution in [3.63, 3.8) is 0 Å². The Morgan fingerprint density at radius 1 is 0.611 bits per heavy atom. The maximum absolute atomic E-state index is 9.38. The number of amides is 2. The number of hydrogen-bond donors (Lipinski definition) is 2. The molecule has 0 saturated heterocycles. The van der Waals surface area contributed by atoms with Crippen molar-refractivity contribution in [3.05, 3.63) is 129 Å². The summed E-state index contributed by atoms with van der Waals surface area (Å²) in [5.41, 5.74) is 16.7. The molecule has 0 atom stereocenters. The van der Waals surface area contributed by atoms with E-state index in [9.17, 15) is 9.59 Å². The Morgan fingerprint density at radius 3 is 1.35 bits per heavy atom. The summed E-state index contributed by atoms with van der Waals surface area (Å²) in [6.07, 6.45) is 8.34. The van der Waals surface area contributed by atoms with Crippen LogP contribution in [-0.2, 0) is 43.3 Å². The Labute approximate surface area is 343 Å². The molecule has 1 radical (unpaired) electrons. The van der Waals surface area contributed by atoms with Gasteiger partial charge in [0.25, 0.3) is 0 Å². The molecular weight excluding hydrogens is 785 g/mol. The number of halogens is 2. The number of carbonyl (C=O) groups excluding carboxylic acids is 2. The standard InChI is InChI=1S/2C22H25.C2H4BN2O2.2ClH.Zr/c2*1-5-6-8-18-13-19-9-7-10-20(22(19)14-18)21-12-15(2)11-16(3)17(21)4;6-1-4-3-5-2-7;;;/h2*7,9-14H,5-6,8H2,1-4H3;1-2H,(H,4,6)(H,5,7);2*1H;/q2*-1;;;;+4/p-2. The molecule has 0 aliphatic heterocycles. The predicted octanol–water partition coefficient (Wildman–Crippen LogP) is 12.4. The topological polar surface area (TPSA) is 58.2 Å². The second kappa shape index (κ2) is 23.5. The maximum atomic E-state index is 9.38. The van der Waals surface area contributed by atoms with Gasteiger partial charge in [0, 0.05) is 0 Å². The van der Waals surface area contributed by atoms with E-state index in [1.165, 1.54) is 127 Å². The summed E-state index contributed by atoms with van der Waals surface area (Å²) in [6.45, 7) is 17.8. The van der Waals surface area contributed by atoms with Gasteiger partial charge < -0.3 is 10.5 Å². The van der Waals surface area contributed by atoms with Gasteiger partial charge in [-0.1, -0.05) is 98.2 Å². The number of fused-ring (bicyclic) bond motifs is 2. The van der Waals surface area contributed by atoms with Crippen molar-refractivity contribution < 1.29 is 30.4 Å². The molecule has 0 heterocycles. The molecule has 0 aliphatic carbocycles. The van der Waals surface area contributed by atoms with Crippen LogP contribution in [-0.4, -0.2) is 20.4 Å². The molecule has 2 N–H and O–H groups in total. The van der Waals surface area contributed by atoms with Crippen LogP contribution in [0.3, 0.4) is 0 Å². The van der Waals surface area contributed by atoms with Crippen LogP contribution in [0.1, 0.15) is 84.0 Å². The average Bonchev–Trinajstić information content (AvgIpc) is 3.78. The van der Waals surface area contributed by atoms with E-state index in [0.29, 0.717) is 12.8 Å². The number of nitrogens with one attached hydrogen (secondary N) is 2. The van der Waals surface area contributed by atoms with Crippen LogP contribution in [0.5, 0.6) is 0 Å². The predicted molar refractivity (Wildman–Crippen MR) is 231 cm³/mol. The first-order valence-corrected chi connectivity index (χ1v) is 25.1. The van der Waals surface area contributed by atoms with Crippen LogP contribution in [0.2, 0.25) is 0 Å². The number of benzene rings is 4. The number of unbranched alkanes of at least 4 members (excludes halogenated alkanes) is 2. The van der Waals surface area contributed by atoms with E-state index < -0.39 is 20.8 Å². The van der Waals surface area contributed by atoms with Crippen LogP contribution in [0, 0.1) is 41.5 Å². The van der Waals surface area contributed by atoms with Crippen LogP contribution in [0.15, 0.2) is 84.9 Å². The van der Waals surface area contributed by atoms with E-state index in [1.807, 2.05) is 0 Å². The summed E-state index contributed by atoms with van der Waals surface area (Å²) in [5, 5.41) is 9.77. The second-order valence-electron chi connectivity index (χ2n) is 13.8. The van der Waals surface area contributed by atoms with Crippen LogP contribution < -0.4 is 10.5 Å². The average molecular weight is 840 g/mol. The van der Waals surface area contributed by atoms with Crippen LogP contribution in [0.25, 0.3) is 43.8 Å². The Bertz CT molecular complexity index is 1960. The van der Waals surface area contributed by atoms with E-state index in [-0.39, 0.29) is 0 Å². The minimum atomic E-state index is -0.826. The summed E-state index contributed by atoms with van der Waals surface area (Å²) in [7, 11) is 11.0. The van der Waals surface area contributed by atoms with E-state index in [1.54, 1.807) is 0 Å². The summed E-state index contributed by atoms with van der Waals surface area (Å²) in [4.78, 5) is 18.8. The van der Waals surface area contributed by atoms with Gasteiger partial charge in [-0.2, -0.15) is 12.1 Å². The van der Waals surface area contributed by atoms with Crippen molar-refractivity contribution >= 4 is 58.9 Å². The normalized spacial score (nSPS) is 10.2. The Balaban J connectivity index is 0.000000233. The molecule has 6 rings (SSSR count). The summed E-state index contributed by atoms with van der Waals surface area (Å²) >= 11 is -0.826. The third kappa shape index (κ3) is 12.8. The van der Waals surface area contributed by atoms with Gasteiger partial charge in [0.1, 0.15) is 0 Å². The summed E-state index contributed by atoms with van der Waals surface area (Å²) in [6, 6.07) is 32.2. The van der Waals surface area contributed by atoms with Crippen molar-refractivity contribution in [2.24, 2.45) is 0 Å². The zero-order chi connectivity index (χ0) is 39.6. The second-order valence-corrected chi connectivity index (χ2v) is 17.6. The molecule has 281 valence electrons. The zero-order valence-electron chi connectivity index (χ0n) is 33.1. The Kier molecular flexibility index (Phi) is 19.5. The molecule has 0 bridgehead atoms. The molecule has 0 aliphatic rings. The van der Waals surface area contributed by atoms with Gasteiger partial charge in [-0.15, -0.1) is 69.1 Å². The molecule has 6 aromatic carbocycles. The zero-order valence-corrected chi connectivity index (χ0v) is 37.1. The van der Waals surface area contributed by atoms with Gasteiger partial charge >= 0.3 is 45.4 Å². The van der Waals surface area contributed by atoms with Crippen molar-refractivity contribution in [2.75, 3.05) is 0 Å². The van der Waals surface area contributed by atoms with Gasteiger partial charge in [-0.3, -0.25) is 9.59 Å². The molecule has 54 heavy (non-hydrogen) atoms. The fourth-order valence-corrected chi connectivity index (χ4v) is 6.87. The van der Waals surface area contributed by atoms with Gasteiger partial charge in [-0.25, -0.2) is 0 Å². The SMILES string of the molecule is CCCCc1cc2c(-c3cc(C)cc(C)c3C)cccc2[cH-]1.CCCCc1cc2c(-c3cc(C)cc(C)c3C)cccc2[cH-]1.O=CN[B]NC=O.[Cl][Zr+2][Cl]. The molecule has 0 aromatic heterocycles. The minimum absolute atomic E-state index is 0.455. The molecular formula is C46H54BCl2N2O2Zr. The van der Waals surface area contributed by atoms with E-state index >= 15 is 0 Å². The summed E-state index contributed by atoms with van der Waals surface area (Å²) in [5.74, 6) is 0. The third-order valence-electron chi connectivity index (χ3n) is 9.77. The Morgan fingerprint density at radius 2 is 1.00 bits per heavy atom. The third-order valence-corrected chi connectivity index (χ3v) is 9.77. The monoisotopic (exact) mass is 837 g/mol. The molecule has 2 amide bonds. The van der Waals surface area contributed by atoms with E-state index in [0.717, 1.165) is 7.55 Å². The first kappa shape index (κ1) is 45.0. The number of aryl methyl sites for hydroxylation is 6. The van der Waals surface area contributed by atoms with Gasteiger partial charge in [0.2, 0.25) is 0 Å². The number of rotatable bonds is 12. The van der Waals surface area contributed by atoms with Gasteiger partial charge in [0.05, 0.1) is 0 Å². The summed E-state index contributed by atoms with van der Waals surface area (Å²) < 4.78 is 0. The van der Waals surface area contributed by atoms with Gasteiger partial charge in [-0.05, 0) is 87.8 Å². The fourth-order valence-electron chi connectivity index (χ4n) is 6.87. The van der Waals surface area contributed by atoms with E-state index in [2.05, 4.69) is 151 Å². The molecule has 0 fully saturated rings. The van der Waals surface area contributed by atoms with Crippen molar-refractivity contribution in [3.8, 4) is 22.3 Å². The van der Waals surface area contributed by atoms with Crippen molar-refractivity contribution in [1.29, 1.82) is 0 Å². The molecule has 4 nitrogen and oxygen atoms in total. The first-order chi connectivity index (χ1) is 26.0. The first-order valence-electron chi connectivity index (χ1n) is 18.7. The quantitative estimate of drug-likeness (QED) is 0.0558. The van der Waals surface area contributed by atoms with Crippen LogP contribution >= 0.6 is 17.0 Å².